The largest absolute Gasteiger partial charge is 0.455 e. The molecule has 2 aliphatic carbocycles. The molecule has 2 bridgehead atoms. The van der Waals surface area contributed by atoms with Gasteiger partial charge in [0.25, 0.3) is 5.91 Å². The van der Waals surface area contributed by atoms with Crippen LogP contribution >= 0.6 is 11.8 Å². The van der Waals surface area contributed by atoms with Crippen molar-refractivity contribution < 1.29 is 9.21 Å². The maximum Gasteiger partial charge on any atom is 0.287 e. The van der Waals surface area contributed by atoms with E-state index in [9.17, 15) is 4.79 Å². The van der Waals surface area contributed by atoms with Crippen molar-refractivity contribution in [2.24, 2.45) is 24.8 Å². The Balaban J connectivity index is 1.32. The van der Waals surface area contributed by atoms with Crippen LogP contribution < -0.4 is 5.32 Å². The Morgan fingerprint density at radius 3 is 3.00 bits per heavy atom. The Labute approximate surface area is 152 Å². The third-order valence-electron chi connectivity index (χ3n) is 5.80. The van der Waals surface area contributed by atoms with Crippen LogP contribution in [-0.4, -0.2) is 21.5 Å². The van der Waals surface area contributed by atoms with E-state index in [4.69, 9.17) is 4.42 Å². The topological polar surface area (TPSA) is 60.1 Å². The van der Waals surface area contributed by atoms with Crippen molar-refractivity contribution in [1.29, 1.82) is 0 Å². The average molecular weight is 359 g/mol. The maximum absolute atomic E-state index is 12.5. The molecule has 0 saturated heterocycles. The molecule has 2 heterocycles. The standard InChI is InChI=1S/C19H25N3O2S/c1-12(16-10-13-3-4-14(16)9-13)21-18(23)17-6-5-15(24-17)11-25-19-20-7-8-22(19)2/h5-8,12-14,16H,3-4,9-11H2,1-2H3,(H,21,23). The summed E-state index contributed by atoms with van der Waals surface area (Å²) in [5.74, 6) is 4.12. The molecule has 0 spiro atoms. The van der Waals surface area contributed by atoms with Gasteiger partial charge in [0.2, 0.25) is 0 Å². The predicted molar refractivity (Wildman–Crippen MR) is 97.3 cm³/mol. The molecule has 1 N–H and O–H groups in total. The summed E-state index contributed by atoms with van der Waals surface area (Å²) in [7, 11) is 1.97. The van der Waals surface area contributed by atoms with Crippen molar-refractivity contribution in [2.75, 3.05) is 0 Å². The van der Waals surface area contributed by atoms with Crippen LogP contribution in [0.25, 0.3) is 0 Å². The quantitative estimate of drug-likeness (QED) is 0.796. The van der Waals surface area contributed by atoms with Gasteiger partial charge in [-0.2, -0.15) is 0 Å². The van der Waals surface area contributed by atoms with E-state index >= 15 is 0 Å². The Hall–Kier alpha value is -1.69. The molecule has 5 nitrogen and oxygen atoms in total. The van der Waals surface area contributed by atoms with Crippen LogP contribution in [0, 0.1) is 17.8 Å². The van der Waals surface area contributed by atoms with E-state index in [-0.39, 0.29) is 11.9 Å². The zero-order valence-electron chi connectivity index (χ0n) is 14.8. The van der Waals surface area contributed by atoms with Gasteiger partial charge in [0.05, 0.1) is 5.75 Å². The van der Waals surface area contributed by atoms with Crippen LogP contribution in [-0.2, 0) is 12.8 Å². The van der Waals surface area contributed by atoms with Crippen LogP contribution in [0.1, 0.15) is 48.9 Å². The molecule has 2 fully saturated rings. The first kappa shape index (κ1) is 16.8. The smallest absolute Gasteiger partial charge is 0.287 e. The van der Waals surface area contributed by atoms with Crippen LogP contribution in [0.15, 0.2) is 34.1 Å². The van der Waals surface area contributed by atoms with Gasteiger partial charge in [-0.05, 0) is 56.1 Å². The van der Waals surface area contributed by atoms with E-state index in [0.29, 0.717) is 17.4 Å². The number of furan rings is 1. The molecule has 0 aromatic carbocycles. The van der Waals surface area contributed by atoms with Gasteiger partial charge >= 0.3 is 0 Å². The number of aromatic nitrogens is 2. The van der Waals surface area contributed by atoms with Crippen molar-refractivity contribution in [3.63, 3.8) is 0 Å². The second kappa shape index (κ2) is 6.90. The molecule has 2 saturated carbocycles. The molecule has 0 aliphatic heterocycles. The molecule has 2 aliphatic rings. The minimum Gasteiger partial charge on any atom is -0.455 e. The average Bonchev–Trinajstić information content (AvgIpc) is 3.37. The van der Waals surface area contributed by atoms with Crippen LogP contribution in [0.3, 0.4) is 0 Å². The fourth-order valence-electron chi connectivity index (χ4n) is 4.50. The number of amides is 1. The van der Waals surface area contributed by atoms with Gasteiger partial charge in [0, 0.05) is 25.5 Å². The van der Waals surface area contributed by atoms with E-state index in [1.54, 1.807) is 24.0 Å². The van der Waals surface area contributed by atoms with Crippen LogP contribution in [0.5, 0.6) is 0 Å². The van der Waals surface area contributed by atoms with Gasteiger partial charge in [0.1, 0.15) is 5.76 Å². The van der Waals surface area contributed by atoms with Gasteiger partial charge in [-0.15, -0.1) is 0 Å². The summed E-state index contributed by atoms with van der Waals surface area (Å²) in [5, 5.41) is 4.10. The third-order valence-corrected chi connectivity index (χ3v) is 6.88. The number of hydrogen-bond acceptors (Lipinski definition) is 4. The molecule has 25 heavy (non-hydrogen) atoms. The fraction of sp³-hybridized carbons (Fsp3) is 0.579. The van der Waals surface area contributed by atoms with Crippen molar-refractivity contribution in [3.05, 3.63) is 36.0 Å². The maximum atomic E-state index is 12.5. The number of rotatable bonds is 6. The van der Waals surface area contributed by atoms with Gasteiger partial charge in [0.15, 0.2) is 10.9 Å². The highest BCUT2D eigenvalue weighted by Gasteiger charge is 2.42. The molecule has 0 radical (unpaired) electrons. The number of nitrogens with zero attached hydrogens (tertiary/aromatic N) is 2. The fourth-order valence-corrected chi connectivity index (χ4v) is 5.32. The Morgan fingerprint density at radius 2 is 2.32 bits per heavy atom. The number of imidazole rings is 1. The summed E-state index contributed by atoms with van der Waals surface area (Å²) < 4.78 is 7.71. The number of hydrogen-bond donors (Lipinski definition) is 1. The molecule has 4 atom stereocenters. The van der Waals surface area contributed by atoms with Crippen molar-refractivity contribution in [2.45, 2.75) is 49.6 Å². The molecule has 4 unspecified atom stereocenters. The summed E-state index contributed by atoms with van der Waals surface area (Å²) >= 11 is 1.60. The minimum atomic E-state index is -0.0940. The molecule has 2 aromatic rings. The van der Waals surface area contributed by atoms with E-state index in [1.807, 2.05) is 23.9 Å². The first-order valence-corrected chi connectivity index (χ1v) is 10.1. The summed E-state index contributed by atoms with van der Waals surface area (Å²) in [6.45, 7) is 2.14. The second-order valence-corrected chi connectivity index (χ2v) is 8.42. The lowest BCUT2D eigenvalue weighted by Crippen LogP contribution is -2.39. The van der Waals surface area contributed by atoms with E-state index in [1.165, 1.54) is 25.7 Å². The van der Waals surface area contributed by atoms with Gasteiger partial charge in [-0.25, -0.2) is 4.98 Å². The number of aryl methyl sites for hydroxylation is 1. The van der Waals surface area contributed by atoms with E-state index < -0.39 is 0 Å². The Bertz CT molecular complexity index is 753. The van der Waals surface area contributed by atoms with Crippen LogP contribution in [0.4, 0.5) is 0 Å². The molecule has 4 rings (SSSR count). The van der Waals surface area contributed by atoms with Gasteiger partial charge in [-0.1, -0.05) is 18.2 Å². The monoisotopic (exact) mass is 359 g/mol. The summed E-state index contributed by atoms with van der Waals surface area (Å²) in [5.41, 5.74) is 0. The lowest BCUT2D eigenvalue weighted by Gasteiger charge is -2.28. The van der Waals surface area contributed by atoms with Gasteiger partial charge in [-0.3, -0.25) is 4.79 Å². The Kier molecular flexibility index (Phi) is 4.63. The number of fused-ring (bicyclic) bond motifs is 2. The molecule has 1 amide bonds. The third kappa shape index (κ3) is 3.50. The number of carbonyl (C=O) groups excluding carboxylic acids is 1. The first-order chi connectivity index (χ1) is 12.1. The van der Waals surface area contributed by atoms with Crippen molar-refractivity contribution in [1.82, 2.24) is 14.9 Å². The first-order valence-electron chi connectivity index (χ1n) is 9.10. The Morgan fingerprint density at radius 1 is 1.44 bits per heavy atom. The molecular formula is C19H25N3O2S. The normalized spacial score (nSPS) is 26.1. The molecule has 2 aromatic heterocycles. The lowest BCUT2D eigenvalue weighted by molar-refractivity contribution is 0.0885. The zero-order chi connectivity index (χ0) is 17.4. The lowest BCUT2D eigenvalue weighted by atomic mass is 9.84. The summed E-state index contributed by atoms with van der Waals surface area (Å²) in [6, 6.07) is 3.88. The molecule has 6 heteroatoms. The highest BCUT2D eigenvalue weighted by atomic mass is 32.2. The highest BCUT2D eigenvalue weighted by Crippen LogP contribution is 2.49. The molecular weight excluding hydrogens is 334 g/mol. The highest BCUT2D eigenvalue weighted by molar-refractivity contribution is 7.98. The predicted octanol–water partition coefficient (Wildman–Crippen LogP) is 3.86. The summed E-state index contributed by atoms with van der Waals surface area (Å²) in [4.78, 5) is 16.8. The zero-order valence-corrected chi connectivity index (χ0v) is 15.6. The van der Waals surface area contributed by atoms with Gasteiger partial charge < -0.3 is 14.3 Å². The van der Waals surface area contributed by atoms with E-state index in [0.717, 1.165) is 22.8 Å². The number of carbonyl (C=O) groups is 1. The van der Waals surface area contributed by atoms with Crippen LogP contribution in [0.2, 0.25) is 0 Å². The van der Waals surface area contributed by atoms with E-state index in [2.05, 4.69) is 17.2 Å². The van der Waals surface area contributed by atoms with Crippen molar-refractivity contribution in [3.8, 4) is 0 Å². The second-order valence-electron chi connectivity index (χ2n) is 7.48. The number of thioether (sulfide) groups is 1. The number of nitrogens with one attached hydrogen (secondary N) is 1. The van der Waals surface area contributed by atoms with Crippen molar-refractivity contribution >= 4 is 17.7 Å². The summed E-state index contributed by atoms with van der Waals surface area (Å²) in [6.07, 6.45) is 9.05. The SMILES string of the molecule is CC(NC(=O)c1ccc(CSc2nccn2C)o1)C1CC2CCC1C2. The molecule has 134 valence electrons. The minimum absolute atomic E-state index is 0.0940.